The van der Waals surface area contributed by atoms with Gasteiger partial charge in [0.25, 0.3) is 0 Å². The maximum atomic E-state index is 12.3. The standard InChI is InChI=1S/C11H13FN4O2/c1-15(7-11(17)18)8-2-3-10-9(6-8)13-14-16(10)5-4-12/h2-3,6H,4-5,7H2,1H3,(H,17,18). The molecule has 2 rings (SSSR count). The number of benzene rings is 1. The molecule has 1 heterocycles. The van der Waals surface area contributed by atoms with Gasteiger partial charge in [-0.2, -0.15) is 0 Å². The van der Waals surface area contributed by atoms with Crippen LogP contribution in [0.1, 0.15) is 0 Å². The molecule has 96 valence electrons. The number of carboxylic acids is 1. The molecule has 1 aromatic heterocycles. The Kier molecular flexibility index (Phi) is 3.40. The van der Waals surface area contributed by atoms with Crippen molar-refractivity contribution in [2.45, 2.75) is 6.54 Å². The molecule has 0 saturated carbocycles. The van der Waals surface area contributed by atoms with Gasteiger partial charge in [-0.25, -0.2) is 9.07 Å². The first kappa shape index (κ1) is 12.3. The summed E-state index contributed by atoms with van der Waals surface area (Å²) in [6.07, 6.45) is 0. The summed E-state index contributed by atoms with van der Waals surface area (Å²) in [6.45, 7) is -0.427. The van der Waals surface area contributed by atoms with Crippen LogP contribution < -0.4 is 4.90 Å². The Hall–Kier alpha value is -2.18. The number of carboxylic acid groups (broad SMARTS) is 1. The van der Waals surface area contributed by atoms with Crippen molar-refractivity contribution in [2.24, 2.45) is 0 Å². The predicted molar refractivity (Wildman–Crippen MR) is 64.4 cm³/mol. The summed E-state index contributed by atoms with van der Waals surface area (Å²) < 4.78 is 13.8. The highest BCUT2D eigenvalue weighted by atomic mass is 19.1. The second-order valence-electron chi connectivity index (χ2n) is 3.92. The molecular formula is C11H13FN4O2. The van der Waals surface area contributed by atoms with Crippen LogP contribution in [-0.4, -0.2) is 46.3 Å². The van der Waals surface area contributed by atoms with Gasteiger partial charge in [0.15, 0.2) is 0 Å². The lowest BCUT2D eigenvalue weighted by atomic mass is 10.2. The minimum atomic E-state index is -0.904. The average molecular weight is 252 g/mol. The fourth-order valence-corrected chi connectivity index (χ4v) is 1.74. The third-order valence-electron chi connectivity index (χ3n) is 2.61. The minimum Gasteiger partial charge on any atom is -0.480 e. The van der Waals surface area contributed by atoms with Crippen molar-refractivity contribution in [3.63, 3.8) is 0 Å². The molecule has 7 heteroatoms. The smallest absolute Gasteiger partial charge is 0.323 e. The fraction of sp³-hybridized carbons (Fsp3) is 0.364. The van der Waals surface area contributed by atoms with Crippen LogP contribution in [0.15, 0.2) is 18.2 Å². The molecule has 0 spiro atoms. The molecule has 0 aliphatic carbocycles. The zero-order valence-electron chi connectivity index (χ0n) is 9.88. The van der Waals surface area contributed by atoms with Crippen molar-refractivity contribution in [2.75, 3.05) is 25.2 Å². The molecule has 18 heavy (non-hydrogen) atoms. The Balaban J connectivity index is 2.30. The highest BCUT2D eigenvalue weighted by Gasteiger charge is 2.09. The van der Waals surface area contributed by atoms with Gasteiger partial charge in [0.1, 0.15) is 18.7 Å². The minimum absolute atomic E-state index is 0.0931. The Morgan fingerprint density at radius 2 is 2.33 bits per heavy atom. The van der Waals surface area contributed by atoms with E-state index < -0.39 is 12.6 Å². The van der Waals surface area contributed by atoms with E-state index in [-0.39, 0.29) is 13.1 Å². The summed E-state index contributed by atoms with van der Waals surface area (Å²) in [5, 5.41) is 16.5. The van der Waals surface area contributed by atoms with Gasteiger partial charge >= 0.3 is 5.97 Å². The third-order valence-corrected chi connectivity index (χ3v) is 2.61. The number of halogens is 1. The van der Waals surface area contributed by atoms with Crippen LogP contribution in [-0.2, 0) is 11.3 Å². The summed E-state index contributed by atoms with van der Waals surface area (Å²) >= 11 is 0. The lowest BCUT2D eigenvalue weighted by molar-refractivity contribution is -0.135. The van der Waals surface area contributed by atoms with E-state index in [2.05, 4.69) is 10.3 Å². The summed E-state index contributed by atoms with van der Waals surface area (Å²) in [5.41, 5.74) is 2.09. The molecule has 2 aromatic rings. The molecule has 0 unspecified atom stereocenters. The normalized spacial score (nSPS) is 10.8. The van der Waals surface area contributed by atoms with E-state index in [1.807, 2.05) is 0 Å². The van der Waals surface area contributed by atoms with Crippen LogP contribution in [0.2, 0.25) is 0 Å². The van der Waals surface area contributed by atoms with Crippen molar-refractivity contribution < 1.29 is 14.3 Å². The number of alkyl halides is 1. The van der Waals surface area contributed by atoms with Crippen molar-refractivity contribution >= 4 is 22.7 Å². The lowest BCUT2D eigenvalue weighted by Crippen LogP contribution is -2.24. The van der Waals surface area contributed by atoms with Crippen molar-refractivity contribution in [1.29, 1.82) is 0 Å². The van der Waals surface area contributed by atoms with Gasteiger partial charge in [0.2, 0.25) is 0 Å². The number of anilines is 1. The Morgan fingerprint density at radius 3 is 3.00 bits per heavy atom. The van der Waals surface area contributed by atoms with Crippen LogP contribution in [0.3, 0.4) is 0 Å². The zero-order chi connectivity index (χ0) is 13.1. The quantitative estimate of drug-likeness (QED) is 0.856. The summed E-state index contributed by atoms with van der Waals surface area (Å²) in [4.78, 5) is 12.2. The molecule has 0 fully saturated rings. The maximum absolute atomic E-state index is 12.3. The highest BCUT2D eigenvalue weighted by molar-refractivity contribution is 5.80. The highest BCUT2D eigenvalue weighted by Crippen LogP contribution is 2.19. The second-order valence-corrected chi connectivity index (χ2v) is 3.92. The zero-order valence-corrected chi connectivity index (χ0v) is 9.88. The number of aromatic nitrogens is 3. The van der Waals surface area contributed by atoms with Gasteiger partial charge in [-0.3, -0.25) is 4.79 Å². The van der Waals surface area contributed by atoms with E-state index in [4.69, 9.17) is 5.11 Å². The molecule has 6 nitrogen and oxygen atoms in total. The Morgan fingerprint density at radius 1 is 1.56 bits per heavy atom. The third kappa shape index (κ3) is 2.39. The first-order valence-electron chi connectivity index (χ1n) is 5.44. The van der Waals surface area contributed by atoms with Crippen molar-refractivity contribution in [1.82, 2.24) is 15.0 Å². The Labute approximate surface area is 103 Å². The van der Waals surface area contributed by atoms with Crippen LogP contribution in [0.25, 0.3) is 11.0 Å². The summed E-state index contributed by atoms with van der Waals surface area (Å²) in [5.74, 6) is -0.904. The SMILES string of the molecule is CN(CC(=O)O)c1ccc2c(c1)nnn2CCF. The molecule has 1 N–H and O–H groups in total. The number of nitrogens with zero attached hydrogens (tertiary/aromatic N) is 4. The largest absolute Gasteiger partial charge is 0.480 e. The van der Waals surface area contributed by atoms with Crippen LogP contribution >= 0.6 is 0 Å². The van der Waals surface area contributed by atoms with Crippen molar-refractivity contribution in [3.8, 4) is 0 Å². The van der Waals surface area contributed by atoms with E-state index in [1.54, 1.807) is 30.1 Å². The van der Waals surface area contributed by atoms with Crippen molar-refractivity contribution in [3.05, 3.63) is 18.2 Å². The number of aryl methyl sites for hydroxylation is 1. The number of likely N-dealkylation sites (N-methyl/N-ethyl adjacent to an activating group) is 1. The summed E-state index contributed by atoms with van der Waals surface area (Å²) in [7, 11) is 1.68. The topological polar surface area (TPSA) is 71.2 Å². The maximum Gasteiger partial charge on any atom is 0.323 e. The molecule has 0 aliphatic rings. The number of carbonyl (C=O) groups is 1. The molecule has 0 saturated heterocycles. The molecule has 1 aromatic carbocycles. The number of rotatable bonds is 5. The first-order chi connectivity index (χ1) is 8.61. The number of fused-ring (bicyclic) bond motifs is 1. The van der Waals surface area contributed by atoms with Crippen LogP contribution in [0.4, 0.5) is 10.1 Å². The van der Waals surface area contributed by atoms with Crippen LogP contribution in [0, 0.1) is 0 Å². The van der Waals surface area contributed by atoms with Gasteiger partial charge in [-0.15, -0.1) is 5.10 Å². The predicted octanol–water partition coefficient (Wildman–Crippen LogP) is 0.922. The Bertz CT molecular complexity index is 569. The molecule has 0 bridgehead atoms. The molecule has 0 amide bonds. The van der Waals surface area contributed by atoms with Gasteiger partial charge in [0.05, 0.1) is 12.1 Å². The summed E-state index contributed by atoms with van der Waals surface area (Å²) in [6, 6.07) is 5.27. The second kappa shape index (κ2) is 4.99. The number of hydrogen-bond donors (Lipinski definition) is 1. The first-order valence-corrected chi connectivity index (χ1v) is 5.44. The molecule has 0 atom stereocenters. The van der Waals surface area contributed by atoms with E-state index in [0.717, 1.165) is 11.2 Å². The molecule has 0 aliphatic heterocycles. The average Bonchev–Trinajstić information content (AvgIpc) is 2.71. The molecule has 0 radical (unpaired) electrons. The van der Waals surface area contributed by atoms with E-state index in [1.165, 1.54) is 4.68 Å². The van der Waals surface area contributed by atoms with E-state index in [9.17, 15) is 9.18 Å². The van der Waals surface area contributed by atoms with Gasteiger partial charge in [0, 0.05) is 12.7 Å². The van der Waals surface area contributed by atoms with Gasteiger partial charge in [-0.1, -0.05) is 5.21 Å². The fourth-order valence-electron chi connectivity index (χ4n) is 1.74. The lowest BCUT2D eigenvalue weighted by Gasteiger charge is -2.16. The van der Waals surface area contributed by atoms with Gasteiger partial charge in [-0.05, 0) is 18.2 Å². The van der Waals surface area contributed by atoms with E-state index >= 15 is 0 Å². The monoisotopic (exact) mass is 252 g/mol. The number of hydrogen-bond acceptors (Lipinski definition) is 4. The van der Waals surface area contributed by atoms with Gasteiger partial charge < -0.3 is 10.0 Å². The molecular weight excluding hydrogens is 239 g/mol. The van der Waals surface area contributed by atoms with E-state index in [0.29, 0.717) is 5.52 Å². The van der Waals surface area contributed by atoms with Crippen LogP contribution in [0.5, 0.6) is 0 Å². The number of aliphatic carboxylic acids is 1.